The van der Waals surface area contributed by atoms with Gasteiger partial charge in [0.15, 0.2) is 0 Å². The topological polar surface area (TPSA) is 90.5 Å². The Kier molecular flexibility index (Phi) is 3.31. The van der Waals surface area contributed by atoms with Crippen molar-refractivity contribution in [2.24, 2.45) is 0 Å². The average molecular weight is 316 g/mol. The predicted molar refractivity (Wildman–Crippen MR) is 85.0 cm³/mol. The summed E-state index contributed by atoms with van der Waals surface area (Å²) >= 11 is 0. The first-order chi connectivity index (χ1) is 10.7. The molecule has 3 N–H and O–H groups in total. The quantitative estimate of drug-likeness (QED) is 0.633. The molecule has 1 unspecified atom stereocenters. The van der Waals surface area contributed by atoms with Crippen molar-refractivity contribution in [3.8, 4) is 0 Å². The minimum atomic E-state index is -1.09. The molecule has 2 aliphatic heterocycles. The zero-order valence-electron chi connectivity index (χ0n) is 13.4. The summed E-state index contributed by atoms with van der Waals surface area (Å²) in [7, 11) is 0. The Balaban J connectivity index is 2.01. The molecule has 0 aliphatic carbocycles. The highest BCUT2D eigenvalue weighted by molar-refractivity contribution is 6.09. The molecule has 1 aromatic rings. The zero-order chi connectivity index (χ0) is 16.8. The first-order valence-electron chi connectivity index (χ1n) is 7.56. The van der Waals surface area contributed by atoms with E-state index in [1.807, 2.05) is 26.8 Å². The average Bonchev–Trinajstić information content (AvgIpc) is 2.72. The van der Waals surface area contributed by atoms with E-state index in [1.54, 1.807) is 23.1 Å². The van der Waals surface area contributed by atoms with Gasteiger partial charge in [0.25, 0.3) is 5.91 Å². The third kappa shape index (κ3) is 2.52. The summed E-state index contributed by atoms with van der Waals surface area (Å²) in [6.07, 6.45) is 0.332. The molecule has 122 valence electrons. The number of imide groups is 1. The second-order valence-corrected chi connectivity index (χ2v) is 6.91. The van der Waals surface area contributed by atoms with E-state index in [0.29, 0.717) is 24.2 Å². The number of urea groups is 2. The minimum absolute atomic E-state index is 0.218. The lowest BCUT2D eigenvalue weighted by Gasteiger charge is -2.39. The van der Waals surface area contributed by atoms with Crippen molar-refractivity contribution in [1.82, 2.24) is 16.0 Å². The van der Waals surface area contributed by atoms with Crippen LogP contribution in [-0.2, 0) is 10.3 Å². The van der Waals surface area contributed by atoms with E-state index >= 15 is 0 Å². The predicted octanol–water partition coefficient (Wildman–Crippen LogP) is 1.44. The minimum Gasteiger partial charge on any atom is -0.333 e. The van der Waals surface area contributed by atoms with Gasteiger partial charge >= 0.3 is 12.1 Å². The lowest BCUT2D eigenvalue weighted by molar-refractivity contribution is -0.124. The largest absolute Gasteiger partial charge is 0.333 e. The molecule has 3 rings (SSSR count). The molecule has 23 heavy (non-hydrogen) atoms. The maximum Gasteiger partial charge on any atom is 0.322 e. The Labute approximate surface area is 134 Å². The van der Waals surface area contributed by atoms with Crippen molar-refractivity contribution >= 4 is 23.7 Å². The monoisotopic (exact) mass is 316 g/mol. The molecule has 1 atom stereocenters. The summed E-state index contributed by atoms with van der Waals surface area (Å²) in [5.41, 5.74) is -0.178. The van der Waals surface area contributed by atoms with Crippen LogP contribution in [0.3, 0.4) is 0 Å². The highest BCUT2D eigenvalue weighted by Crippen LogP contribution is 2.40. The van der Waals surface area contributed by atoms with E-state index in [0.717, 1.165) is 0 Å². The Bertz CT molecular complexity index is 695. The fourth-order valence-corrected chi connectivity index (χ4v) is 3.06. The molecule has 0 aromatic heterocycles. The van der Waals surface area contributed by atoms with Gasteiger partial charge in [-0.25, -0.2) is 9.59 Å². The van der Waals surface area contributed by atoms with Gasteiger partial charge in [-0.3, -0.25) is 15.0 Å². The highest BCUT2D eigenvalue weighted by atomic mass is 16.2. The number of amides is 5. The zero-order valence-corrected chi connectivity index (χ0v) is 13.4. The van der Waals surface area contributed by atoms with Crippen molar-refractivity contribution in [2.45, 2.75) is 38.3 Å². The number of para-hydroxylation sites is 1. The molecule has 7 nitrogen and oxygen atoms in total. The molecule has 1 saturated heterocycles. The SMILES string of the molecule is CC(C)(C)NC(=O)N1CCC2(NC(=O)NC2=O)c2ccccc21. The van der Waals surface area contributed by atoms with Gasteiger partial charge < -0.3 is 10.6 Å². The second kappa shape index (κ2) is 4.97. The number of hydrogen-bond acceptors (Lipinski definition) is 3. The van der Waals surface area contributed by atoms with Crippen LogP contribution in [0.1, 0.15) is 32.8 Å². The molecule has 1 fully saturated rings. The molecular formula is C16H20N4O3. The highest BCUT2D eigenvalue weighted by Gasteiger charge is 2.51. The van der Waals surface area contributed by atoms with E-state index in [-0.39, 0.29) is 17.5 Å². The van der Waals surface area contributed by atoms with Crippen LogP contribution in [0, 0.1) is 0 Å². The van der Waals surface area contributed by atoms with Crippen LogP contribution >= 0.6 is 0 Å². The lowest BCUT2D eigenvalue weighted by Crippen LogP contribution is -2.55. The second-order valence-electron chi connectivity index (χ2n) is 6.91. The number of nitrogens with one attached hydrogen (secondary N) is 3. The molecule has 0 saturated carbocycles. The van der Waals surface area contributed by atoms with Gasteiger partial charge in [-0.1, -0.05) is 18.2 Å². The number of hydrogen-bond donors (Lipinski definition) is 3. The maximum absolute atomic E-state index is 12.6. The smallest absolute Gasteiger partial charge is 0.322 e. The Morgan fingerprint density at radius 2 is 1.96 bits per heavy atom. The van der Waals surface area contributed by atoms with Gasteiger partial charge in [-0.05, 0) is 26.8 Å². The Hall–Kier alpha value is -2.57. The summed E-state index contributed by atoms with van der Waals surface area (Å²) in [6.45, 7) is 6.07. The van der Waals surface area contributed by atoms with E-state index < -0.39 is 11.6 Å². The van der Waals surface area contributed by atoms with E-state index in [4.69, 9.17) is 0 Å². The fourth-order valence-electron chi connectivity index (χ4n) is 3.06. The molecular weight excluding hydrogens is 296 g/mol. The van der Waals surface area contributed by atoms with Crippen molar-refractivity contribution in [3.63, 3.8) is 0 Å². The summed E-state index contributed by atoms with van der Waals surface area (Å²) in [6, 6.07) is 6.45. The van der Waals surface area contributed by atoms with Crippen molar-refractivity contribution in [1.29, 1.82) is 0 Å². The van der Waals surface area contributed by atoms with E-state index in [9.17, 15) is 14.4 Å². The number of carbonyl (C=O) groups excluding carboxylic acids is 3. The first kappa shape index (κ1) is 15.3. The van der Waals surface area contributed by atoms with E-state index in [2.05, 4.69) is 16.0 Å². The summed E-state index contributed by atoms with van der Waals surface area (Å²) in [4.78, 5) is 38.1. The third-order valence-electron chi connectivity index (χ3n) is 4.03. The molecule has 1 aromatic carbocycles. The van der Waals surface area contributed by atoms with Gasteiger partial charge in [0.2, 0.25) is 0 Å². The maximum atomic E-state index is 12.6. The van der Waals surface area contributed by atoms with Crippen LogP contribution in [0.2, 0.25) is 0 Å². The number of rotatable bonds is 0. The van der Waals surface area contributed by atoms with Crippen LogP contribution in [0.4, 0.5) is 15.3 Å². The molecule has 0 bridgehead atoms. The number of benzene rings is 1. The molecule has 7 heteroatoms. The van der Waals surface area contributed by atoms with Gasteiger partial charge in [0, 0.05) is 24.1 Å². The van der Waals surface area contributed by atoms with Crippen molar-refractivity contribution in [3.05, 3.63) is 29.8 Å². The lowest BCUT2D eigenvalue weighted by atomic mass is 9.82. The fraction of sp³-hybridized carbons (Fsp3) is 0.438. The van der Waals surface area contributed by atoms with Gasteiger partial charge in [-0.15, -0.1) is 0 Å². The molecule has 5 amide bonds. The van der Waals surface area contributed by atoms with Crippen molar-refractivity contribution < 1.29 is 14.4 Å². The van der Waals surface area contributed by atoms with Gasteiger partial charge in [0.05, 0.1) is 5.69 Å². The number of fused-ring (bicyclic) bond motifs is 2. The summed E-state index contributed by atoms with van der Waals surface area (Å²) in [5, 5.41) is 7.95. The Morgan fingerprint density at radius 1 is 1.26 bits per heavy atom. The summed E-state index contributed by atoms with van der Waals surface area (Å²) in [5.74, 6) is -0.370. The van der Waals surface area contributed by atoms with Crippen LogP contribution in [0.5, 0.6) is 0 Å². The number of nitrogens with zero attached hydrogens (tertiary/aromatic N) is 1. The number of carbonyl (C=O) groups is 3. The molecule has 0 radical (unpaired) electrons. The van der Waals surface area contributed by atoms with Crippen LogP contribution in [-0.4, -0.2) is 30.1 Å². The van der Waals surface area contributed by atoms with Crippen LogP contribution in [0.25, 0.3) is 0 Å². The van der Waals surface area contributed by atoms with Gasteiger partial charge in [0.1, 0.15) is 5.54 Å². The first-order valence-corrected chi connectivity index (χ1v) is 7.56. The molecule has 2 aliphatic rings. The van der Waals surface area contributed by atoms with Crippen LogP contribution in [0.15, 0.2) is 24.3 Å². The van der Waals surface area contributed by atoms with Crippen LogP contribution < -0.4 is 20.9 Å². The standard InChI is InChI=1S/C16H20N4O3/c1-15(2,3)19-14(23)20-9-8-16(12(21)17-13(22)18-16)10-6-4-5-7-11(10)20/h4-7H,8-9H2,1-3H3,(H,19,23)(H2,17,18,21,22). The molecule has 1 spiro atoms. The summed E-state index contributed by atoms with van der Waals surface area (Å²) < 4.78 is 0. The number of anilines is 1. The normalized spacial score (nSPS) is 23.3. The molecule has 2 heterocycles. The van der Waals surface area contributed by atoms with Gasteiger partial charge in [-0.2, -0.15) is 0 Å². The third-order valence-corrected chi connectivity index (χ3v) is 4.03. The van der Waals surface area contributed by atoms with Crippen molar-refractivity contribution in [2.75, 3.05) is 11.4 Å². The Morgan fingerprint density at radius 3 is 2.57 bits per heavy atom. The van der Waals surface area contributed by atoms with E-state index in [1.165, 1.54) is 0 Å².